The number of ketones is 1. The van der Waals surface area contributed by atoms with E-state index in [9.17, 15) is 18.0 Å². The van der Waals surface area contributed by atoms with Gasteiger partial charge in [0.25, 0.3) is 0 Å². The minimum Gasteiger partial charge on any atom is -0.293 e. The van der Waals surface area contributed by atoms with E-state index < -0.39 is 28.4 Å². The molecule has 16 heavy (non-hydrogen) atoms. The fourth-order valence-corrected chi connectivity index (χ4v) is 2.51. The minimum absolute atomic E-state index is 0.174. The van der Waals surface area contributed by atoms with Crippen molar-refractivity contribution in [1.29, 1.82) is 0 Å². The summed E-state index contributed by atoms with van der Waals surface area (Å²) in [7, 11) is 0. The van der Waals surface area contributed by atoms with E-state index in [0.717, 1.165) is 6.07 Å². The van der Waals surface area contributed by atoms with Gasteiger partial charge in [-0.25, -0.2) is 0 Å². The Balaban J connectivity index is 3.45. The maximum Gasteiger partial charge on any atom is 0.417 e. The predicted octanol–water partition coefficient (Wildman–Crippen LogP) is 4.38. The molecular formula is C9H4Cl2F3IO. The van der Waals surface area contributed by atoms with Crippen molar-refractivity contribution in [2.24, 2.45) is 0 Å². The maximum atomic E-state index is 12.5. The lowest BCUT2D eigenvalue weighted by molar-refractivity contribution is -0.137. The number of hydrogen-bond donors (Lipinski definition) is 0. The Hall–Kier alpha value is -0.0100. The summed E-state index contributed by atoms with van der Waals surface area (Å²) in [6.07, 6.45) is -4.58. The van der Waals surface area contributed by atoms with Gasteiger partial charge in [-0.3, -0.25) is 4.79 Å². The minimum atomic E-state index is -4.58. The van der Waals surface area contributed by atoms with Gasteiger partial charge in [0.05, 0.1) is 22.0 Å². The van der Waals surface area contributed by atoms with E-state index in [1.165, 1.54) is 6.07 Å². The van der Waals surface area contributed by atoms with E-state index in [-0.39, 0.29) is 5.56 Å². The molecule has 0 amide bonds. The Morgan fingerprint density at radius 3 is 2.38 bits per heavy atom. The zero-order chi connectivity index (χ0) is 12.5. The van der Waals surface area contributed by atoms with Crippen LogP contribution in [0, 0.1) is 3.57 Å². The summed E-state index contributed by atoms with van der Waals surface area (Å²) < 4.78 is 37.8. The van der Waals surface area contributed by atoms with Gasteiger partial charge in [-0.05, 0) is 34.7 Å². The molecule has 1 aromatic rings. The SMILES string of the molecule is O=C(CCl)c1c(I)ccc(C(F)(F)F)c1Cl. The number of alkyl halides is 4. The van der Waals surface area contributed by atoms with Gasteiger partial charge < -0.3 is 0 Å². The summed E-state index contributed by atoms with van der Waals surface area (Å²) >= 11 is 12.6. The van der Waals surface area contributed by atoms with Gasteiger partial charge in [0.15, 0.2) is 5.78 Å². The molecule has 88 valence electrons. The second-order valence-electron chi connectivity index (χ2n) is 2.84. The highest BCUT2D eigenvalue weighted by Crippen LogP contribution is 2.38. The van der Waals surface area contributed by atoms with Crippen molar-refractivity contribution in [3.05, 3.63) is 31.9 Å². The molecule has 0 spiro atoms. The van der Waals surface area contributed by atoms with Crippen LogP contribution in [0.5, 0.6) is 0 Å². The largest absolute Gasteiger partial charge is 0.417 e. The number of hydrogen-bond acceptors (Lipinski definition) is 1. The molecule has 0 unspecified atom stereocenters. The van der Waals surface area contributed by atoms with Crippen LogP contribution < -0.4 is 0 Å². The van der Waals surface area contributed by atoms with Crippen LogP contribution in [0.25, 0.3) is 0 Å². The Labute approximate surface area is 113 Å². The average molecular weight is 383 g/mol. The third kappa shape index (κ3) is 2.81. The van der Waals surface area contributed by atoms with Crippen molar-refractivity contribution < 1.29 is 18.0 Å². The zero-order valence-electron chi connectivity index (χ0n) is 7.54. The summed E-state index contributed by atoms with van der Waals surface area (Å²) in [5.74, 6) is -1.03. The van der Waals surface area contributed by atoms with Gasteiger partial charge in [0.1, 0.15) is 0 Å². The summed E-state index contributed by atoms with van der Waals surface area (Å²) in [5, 5.41) is -0.593. The second kappa shape index (κ2) is 5.10. The van der Waals surface area contributed by atoms with Crippen LogP contribution >= 0.6 is 45.8 Å². The highest BCUT2D eigenvalue weighted by atomic mass is 127. The second-order valence-corrected chi connectivity index (χ2v) is 4.65. The van der Waals surface area contributed by atoms with Gasteiger partial charge in [-0.2, -0.15) is 13.2 Å². The van der Waals surface area contributed by atoms with Gasteiger partial charge in [0.2, 0.25) is 0 Å². The van der Waals surface area contributed by atoms with Crippen LogP contribution in [-0.2, 0) is 6.18 Å². The smallest absolute Gasteiger partial charge is 0.293 e. The fourth-order valence-electron chi connectivity index (χ4n) is 1.09. The number of benzene rings is 1. The Morgan fingerprint density at radius 2 is 1.94 bits per heavy atom. The normalized spacial score (nSPS) is 11.6. The van der Waals surface area contributed by atoms with E-state index in [1.807, 2.05) is 0 Å². The van der Waals surface area contributed by atoms with E-state index >= 15 is 0 Å². The molecular weight excluding hydrogens is 379 g/mol. The molecule has 0 atom stereocenters. The van der Waals surface area contributed by atoms with E-state index in [0.29, 0.717) is 3.57 Å². The third-order valence-electron chi connectivity index (χ3n) is 1.80. The van der Waals surface area contributed by atoms with Crippen molar-refractivity contribution in [3.63, 3.8) is 0 Å². The quantitative estimate of drug-likeness (QED) is 0.421. The lowest BCUT2D eigenvalue weighted by Crippen LogP contribution is -2.11. The number of rotatable bonds is 2. The Kier molecular flexibility index (Phi) is 4.48. The number of carbonyl (C=O) groups is 1. The molecule has 0 aliphatic carbocycles. The van der Waals surface area contributed by atoms with Crippen molar-refractivity contribution in [2.75, 3.05) is 5.88 Å². The zero-order valence-corrected chi connectivity index (χ0v) is 11.2. The number of carbonyl (C=O) groups excluding carboxylic acids is 1. The van der Waals surface area contributed by atoms with E-state index in [2.05, 4.69) is 0 Å². The van der Waals surface area contributed by atoms with E-state index in [1.54, 1.807) is 22.6 Å². The van der Waals surface area contributed by atoms with Gasteiger partial charge in [-0.1, -0.05) is 11.6 Å². The van der Waals surface area contributed by atoms with Crippen LogP contribution in [0.15, 0.2) is 12.1 Å². The molecule has 0 N–H and O–H groups in total. The van der Waals surface area contributed by atoms with Gasteiger partial charge in [0, 0.05) is 3.57 Å². The molecule has 1 nitrogen and oxygen atoms in total. The van der Waals surface area contributed by atoms with Gasteiger partial charge >= 0.3 is 6.18 Å². The lowest BCUT2D eigenvalue weighted by atomic mass is 10.1. The molecule has 0 saturated carbocycles. The van der Waals surface area contributed by atoms with E-state index in [4.69, 9.17) is 23.2 Å². The summed E-state index contributed by atoms with van der Waals surface area (Å²) in [4.78, 5) is 11.3. The first kappa shape index (κ1) is 14.1. The maximum absolute atomic E-state index is 12.5. The van der Waals surface area contributed by atoms with Crippen molar-refractivity contribution in [3.8, 4) is 0 Å². The summed E-state index contributed by atoms with van der Waals surface area (Å²) in [6.45, 7) is 0. The van der Waals surface area contributed by atoms with Gasteiger partial charge in [-0.15, -0.1) is 11.6 Å². The standard InChI is InChI=1S/C9H4Cl2F3IO/c10-3-6(16)7-5(15)2-1-4(8(7)11)9(12,13)14/h1-2H,3H2. The van der Waals surface area contributed by atoms with Crippen molar-refractivity contribution in [2.45, 2.75) is 6.18 Å². The highest BCUT2D eigenvalue weighted by molar-refractivity contribution is 14.1. The Morgan fingerprint density at radius 1 is 1.38 bits per heavy atom. The van der Waals surface area contributed by atoms with Crippen molar-refractivity contribution in [1.82, 2.24) is 0 Å². The van der Waals surface area contributed by atoms with Crippen molar-refractivity contribution >= 4 is 51.6 Å². The molecule has 0 aromatic heterocycles. The van der Waals surface area contributed by atoms with Crippen LogP contribution in [0.1, 0.15) is 15.9 Å². The third-order valence-corrected chi connectivity index (χ3v) is 3.33. The number of halogens is 6. The van der Waals surface area contributed by atoms with Crippen LogP contribution in [0.4, 0.5) is 13.2 Å². The predicted molar refractivity (Wildman–Crippen MR) is 64.2 cm³/mol. The molecule has 0 heterocycles. The summed E-state index contributed by atoms with van der Waals surface area (Å²) in [6, 6.07) is 2.03. The highest BCUT2D eigenvalue weighted by Gasteiger charge is 2.35. The fraction of sp³-hybridized carbons (Fsp3) is 0.222. The van der Waals surface area contributed by atoms with Crippen LogP contribution in [0.2, 0.25) is 5.02 Å². The molecule has 0 saturated heterocycles. The first-order valence-electron chi connectivity index (χ1n) is 3.93. The molecule has 0 radical (unpaired) electrons. The molecule has 0 bridgehead atoms. The monoisotopic (exact) mass is 382 g/mol. The van der Waals surface area contributed by atoms with Crippen LogP contribution in [-0.4, -0.2) is 11.7 Å². The molecule has 1 aromatic carbocycles. The molecule has 0 aliphatic rings. The topological polar surface area (TPSA) is 17.1 Å². The molecule has 7 heteroatoms. The van der Waals surface area contributed by atoms with Crippen LogP contribution in [0.3, 0.4) is 0 Å². The Bertz CT molecular complexity index is 431. The first-order valence-corrected chi connectivity index (χ1v) is 5.92. The lowest BCUT2D eigenvalue weighted by Gasteiger charge is -2.12. The molecule has 1 rings (SSSR count). The number of Topliss-reactive ketones (excluding diaryl/α,β-unsaturated/α-hetero) is 1. The first-order chi connectivity index (χ1) is 7.29. The molecule has 0 fully saturated rings. The average Bonchev–Trinajstić information content (AvgIpc) is 2.15. The summed E-state index contributed by atoms with van der Waals surface area (Å²) in [5.41, 5.74) is -1.20. The molecule has 0 aliphatic heterocycles.